The molecule has 5 nitrogen and oxygen atoms in total. The molecule has 1 unspecified atom stereocenters. The van der Waals surface area contributed by atoms with Gasteiger partial charge in [-0.3, -0.25) is 9.89 Å². The molecule has 1 aromatic carbocycles. The average Bonchev–Trinajstić information content (AvgIpc) is 3.30. The molecular formula is C21H32N4O. The predicted octanol–water partition coefficient (Wildman–Crippen LogP) is 2.01. The van der Waals surface area contributed by atoms with Gasteiger partial charge in [-0.2, -0.15) is 0 Å². The molecule has 4 rings (SSSR count). The molecule has 1 aliphatic carbocycles. The van der Waals surface area contributed by atoms with Crippen molar-refractivity contribution in [3.63, 3.8) is 0 Å². The summed E-state index contributed by atoms with van der Waals surface area (Å²) >= 11 is 0. The van der Waals surface area contributed by atoms with Crippen molar-refractivity contribution in [1.29, 1.82) is 0 Å². The SMILES string of the molecule is CN=C(NCC1(c2ccccc2C)CC1)N1CCC(N2CCOCC2)C1. The number of hydrogen-bond donors (Lipinski definition) is 1. The first-order valence-corrected chi connectivity index (χ1v) is 10.1. The molecule has 0 bridgehead atoms. The van der Waals surface area contributed by atoms with Crippen molar-refractivity contribution in [2.24, 2.45) is 4.99 Å². The van der Waals surface area contributed by atoms with Gasteiger partial charge in [0.1, 0.15) is 0 Å². The summed E-state index contributed by atoms with van der Waals surface area (Å²) in [6, 6.07) is 9.49. The summed E-state index contributed by atoms with van der Waals surface area (Å²) in [7, 11) is 1.91. The van der Waals surface area contributed by atoms with Gasteiger partial charge in [-0.1, -0.05) is 24.3 Å². The van der Waals surface area contributed by atoms with E-state index in [4.69, 9.17) is 4.74 Å². The first-order valence-electron chi connectivity index (χ1n) is 10.1. The highest BCUT2D eigenvalue weighted by molar-refractivity contribution is 5.80. The van der Waals surface area contributed by atoms with Crippen LogP contribution in [0.1, 0.15) is 30.4 Å². The molecule has 142 valence electrons. The standard InChI is InChI=1S/C21H32N4O/c1-17-5-3-4-6-19(17)21(8-9-21)16-23-20(22-2)25-10-7-18(15-25)24-11-13-26-14-12-24/h3-6,18H,7-16H2,1-2H3,(H,22,23). The lowest BCUT2D eigenvalue weighted by atomic mass is 9.92. The molecule has 26 heavy (non-hydrogen) atoms. The van der Waals surface area contributed by atoms with Crippen LogP contribution in [0.15, 0.2) is 29.3 Å². The number of rotatable bonds is 4. The minimum Gasteiger partial charge on any atom is -0.379 e. The van der Waals surface area contributed by atoms with E-state index in [1.165, 1.54) is 30.4 Å². The first-order chi connectivity index (χ1) is 12.7. The van der Waals surface area contributed by atoms with Crippen LogP contribution in [0.4, 0.5) is 0 Å². The Morgan fingerprint density at radius 3 is 2.69 bits per heavy atom. The van der Waals surface area contributed by atoms with Gasteiger partial charge in [-0.25, -0.2) is 0 Å². The van der Waals surface area contributed by atoms with Crippen LogP contribution >= 0.6 is 0 Å². The zero-order chi connectivity index (χ0) is 18.0. The molecule has 1 atom stereocenters. The van der Waals surface area contributed by atoms with Crippen molar-refractivity contribution in [3.05, 3.63) is 35.4 Å². The number of guanidine groups is 1. The molecule has 2 heterocycles. The molecule has 5 heteroatoms. The van der Waals surface area contributed by atoms with Crippen molar-refractivity contribution in [2.75, 3.05) is 53.0 Å². The van der Waals surface area contributed by atoms with Gasteiger partial charge in [0.15, 0.2) is 5.96 Å². The number of hydrogen-bond acceptors (Lipinski definition) is 3. The third-order valence-electron chi connectivity index (χ3n) is 6.39. The fourth-order valence-corrected chi connectivity index (χ4v) is 4.62. The number of aliphatic imine (C=N–C) groups is 1. The Kier molecular flexibility index (Phi) is 5.18. The Bertz CT molecular complexity index is 649. The summed E-state index contributed by atoms with van der Waals surface area (Å²) in [6.07, 6.45) is 3.78. The highest BCUT2D eigenvalue weighted by Crippen LogP contribution is 2.48. The van der Waals surface area contributed by atoms with Gasteiger partial charge in [-0.15, -0.1) is 0 Å². The molecule has 3 aliphatic rings. The Morgan fingerprint density at radius 2 is 2.00 bits per heavy atom. The Hall–Kier alpha value is -1.59. The number of nitrogens with one attached hydrogen (secondary N) is 1. The molecule has 0 spiro atoms. The van der Waals surface area contributed by atoms with Crippen molar-refractivity contribution < 1.29 is 4.74 Å². The van der Waals surface area contributed by atoms with E-state index in [0.717, 1.165) is 51.9 Å². The molecule has 0 aromatic heterocycles. The van der Waals surface area contributed by atoms with Gasteiger partial charge < -0.3 is 15.0 Å². The largest absolute Gasteiger partial charge is 0.379 e. The van der Waals surface area contributed by atoms with E-state index >= 15 is 0 Å². The van der Waals surface area contributed by atoms with Gasteiger partial charge in [-0.05, 0) is 37.3 Å². The van der Waals surface area contributed by atoms with Crippen molar-refractivity contribution in [3.8, 4) is 0 Å². The number of aryl methyl sites for hydroxylation is 1. The molecule has 1 saturated carbocycles. The number of morpholine rings is 1. The van der Waals surface area contributed by atoms with E-state index in [9.17, 15) is 0 Å². The van der Waals surface area contributed by atoms with Crippen LogP contribution in [0.3, 0.4) is 0 Å². The topological polar surface area (TPSA) is 40.1 Å². The first kappa shape index (κ1) is 17.8. The molecule has 3 fully saturated rings. The van der Waals surface area contributed by atoms with E-state index in [1.807, 2.05) is 7.05 Å². The maximum Gasteiger partial charge on any atom is 0.193 e. The molecular weight excluding hydrogens is 324 g/mol. The third-order valence-corrected chi connectivity index (χ3v) is 6.39. The minimum atomic E-state index is 0.310. The fourth-order valence-electron chi connectivity index (χ4n) is 4.62. The summed E-state index contributed by atoms with van der Waals surface area (Å²) in [6.45, 7) is 9.30. The summed E-state index contributed by atoms with van der Waals surface area (Å²) < 4.78 is 5.50. The normalized spacial score (nSPS) is 26.2. The highest BCUT2D eigenvalue weighted by atomic mass is 16.5. The molecule has 0 amide bonds. The van der Waals surface area contributed by atoms with Crippen molar-refractivity contribution in [2.45, 2.75) is 37.6 Å². The maximum atomic E-state index is 5.50. The zero-order valence-electron chi connectivity index (χ0n) is 16.2. The lowest BCUT2D eigenvalue weighted by molar-refractivity contribution is 0.0195. The second kappa shape index (κ2) is 7.57. The monoisotopic (exact) mass is 356 g/mol. The van der Waals surface area contributed by atoms with Crippen LogP contribution in [-0.2, 0) is 10.2 Å². The van der Waals surface area contributed by atoms with Crippen LogP contribution in [0.25, 0.3) is 0 Å². The van der Waals surface area contributed by atoms with E-state index < -0.39 is 0 Å². The summed E-state index contributed by atoms with van der Waals surface area (Å²) in [4.78, 5) is 9.61. The lowest BCUT2D eigenvalue weighted by Crippen LogP contribution is -2.47. The highest BCUT2D eigenvalue weighted by Gasteiger charge is 2.45. The van der Waals surface area contributed by atoms with Gasteiger partial charge in [0.25, 0.3) is 0 Å². The van der Waals surface area contributed by atoms with Crippen LogP contribution in [-0.4, -0.2) is 74.8 Å². The average molecular weight is 357 g/mol. The summed E-state index contributed by atoms with van der Waals surface area (Å²) in [5, 5.41) is 3.70. The van der Waals surface area contributed by atoms with Crippen LogP contribution in [0.5, 0.6) is 0 Å². The number of benzene rings is 1. The second-order valence-corrected chi connectivity index (χ2v) is 8.03. The van der Waals surface area contributed by atoms with E-state index in [-0.39, 0.29) is 0 Å². The van der Waals surface area contributed by atoms with Gasteiger partial charge in [0.2, 0.25) is 0 Å². The van der Waals surface area contributed by atoms with Crippen LogP contribution in [0, 0.1) is 6.92 Å². The molecule has 1 aromatic rings. The van der Waals surface area contributed by atoms with Crippen molar-refractivity contribution >= 4 is 5.96 Å². The second-order valence-electron chi connectivity index (χ2n) is 8.03. The maximum absolute atomic E-state index is 5.50. The van der Waals surface area contributed by atoms with E-state index in [1.54, 1.807) is 0 Å². The summed E-state index contributed by atoms with van der Waals surface area (Å²) in [5.74, 6) is 1.07. The Balaban J connectivity index is 1.35. The predicted molar refractivity (Wildman–Crippen MR) is 106 cm³/mol. The van der Waals surface area contributed by atoms with E-state index in [2.05, 4.69) is 51.3 Å². The molecule has 2 saturated heterocycles. The Morgan fingerprint density at radius 1 is 1.23 bits per heavy atom. The number of ether oxygens (including phenoxy) is 1. The molecule has 0 radical (unpaired) electrons. The summed E-state index contributed by atoms with van der Waals surface area (Å²) in [5.41, 5.74) is 3.23. The number of likely N-dealkylation sites (tertiary alicyclic amines) is 1. The van der Waals surface area contributed by atoms with Crippen molar-refractivity contribution in [1.82, 2.24) is 15.1 Å². The lowest BCUT2D eigenvalue weighted by Gasteiger charge is -2.32. The zero-order valence-corrected chi connectivity index (χ0v) is 16.2. The molecule has 1 N–H and O–H groups in total. The van der Waals surface area contributed by atoms with Gasteiger partial charge in [0, 0.05) is 51.2 Å². The van der Waals surface area contributed by atoms with Gasteiger partial charge >= 0.3 is 0 Å². The van der Waals surface area contributed by atoms with E-state index in [0.29, 0.717) is 11.5 Å². The number of nitrogens with zero attached hydrogens (tertiary/aromatic N) is 3. The fraction of sp³-hybridized carbons (Fsp3) is 0.667. The third kappa shape index (κ3) is 3.60. The molecule has 2 aliphatic heterocycles. The minimum absolute atomic E-state index is 0.310. The quantitative estimate of drug-likeness (QED) is 0.662. The Labute approximate surface area is 157 Å². The van der Waals surface area contributed by atoms with Crippen LogP contribution < -0.4 is 5.32 Å². The smallest absolute Gasteiger partial charge is 0.193 e. The van der Waals surface area contributed by atoms with Crippen LogP contribution in [0.2, 0.25) is 0 Å². The van der Waals surface area contributed by atoms with Gasteiger partial charge in [0.05, 0.1) is 13.2 Å².